The third-order valence-corrected chi connectivity index (χ3v) is 4.44. The summed E-state index contributed by atoms with van der Waals surface area (Å²) < 4.78 is 0. The molecule has 0 saturated carbocycles. The lowest BCUT2D eigenvalue weighted by Crippen LogP contribution is -2.28. The van der Waals surface area contributed by atoms with Crippen LogP contribution in [-0.2, 0) is 0 Å². The molecule has 116 valence electrons. The largest absolute Gasteiger partial charge is 0.370 e. The molecule has 1 aliphatic rings. The van der Waals surface area contributed by atoms with Gasteiger partial charge in [0.05, 0.1) is 11.2 Å². The van der Waals surface area contributed by atoms with E-state index < -0.39 is 0 Å². The highest BCUT2D eigenvalue weighted by molar-refractivity contribution is 5.94. The molecule has 2 heterocycles. The van der Waals surface area contributed by atoms with Crippen molar-refractivity contribution in [3.63, 3.8) is 0 Å². The van der Waals surface area contributed by atoms with Gasteiger partial charge in [-0.25, -0.2) is 4.98 Å². The number of aromatic nitrogens is 1. The zero-order valence-electron chi connectivity index (χ0n) is 13.2. The number of para-hydroxylation sites is 1. The second-order valence-corrected chi connectivity index (χ2v) is 6.00. The zero-order chi connectivity index (χ0) is 15.5. The summed E-state index contributed by atoms with van der Waals surface area (Å²) in [6.45, 7) is 4.28. The van der Waals surface area contributed by atoms with Crippen molar-refractivity contribution in [3.8, 4) is 11.3 Å². The van der Waals surface area contributed by atoms with Gasteiger partial charge in [0.1, 0.15) is 0 Å². The van der Waals surface area contributed by atoms with Gasteiger partial charge in [-0.3, -0.25) is 0 Å². The predicted octanol–water partition coefficient (Wildman–Crippen LogP) is 3.70. The number of rotatable bonds is 2. The predicted molar refractivity (Wildman–Crippen MR) is 96.9 cm³/mol. The van der Waals surface area contributed by atoms with Gasteiger partial charge in [-0.15, -0.1) is 0 Å². The number of pyridine rings is 1. The van der Waals surface area contributed by atoms with E-state index in [1.807, 2.05) is 6.07 Å². The number of anilines is 1. The van der Waals surface area contributed by atoms with E-state index in [0.29, 0.717) is 0 Å². The summed E-state index contributed by atoms with van der Waals surface area (Å²) in [5, 5.41) is 4.73. The molecule has 0 unspecified atom stereocenters. The average Bonchev–Trinajstić information content (AvgIpc) is 2.91. The molecule has 1 N–H and O–H groups in total. The Labute approximate surface area is 137 Å². The quantitative estimate of drug-likeness (QED) is 0.782. The van der Waals surface area contributed by atoms with Gasteiger partial charge in [0.25, 0.3) is 0 Å². The lowest BCUT2D eigenvalue weighted by Gasteiger charge is -2.24. The van der Waals surface area contributed by atoms with Crippen LogP contribution in [0, 0.1) is 0 Å². The highest BCUT2D eigenvalue weighted by Crippen LogP contribution is 2.31. The summed E-state index contributed by atoms with van der Waals surface area (Å²) in [5.41, 5.74) is 4.60. The SMILES string of the molecule is c1ccc(-c2cc(N3CCCNCC3)c3ccccc3n2)cc1. The van der Waals surface area contributed by atoms with Crippen molar-refractivity contribution in [2.75, 3.05) is 31.1 Å². The molecule has 0 atom stereocenters. The standard InChI is InChI=1S/C20H21N3/c1-2-7-16(8-3-1)19-15-20(23-13-6-11-21-12-14-23)17-9-4-5-10-18(17)22-19/h1-5,7-10,15,21H,6,11-14H2. The molecule has 1 aromatic heterocycles. The monoisotopic (exact) mass is 303 g/mol. The highest BCUT2D eigenvalue weighted by Gasteiger charge is 2.15. The first-order valence-corrected chi connectivity index (χ1v) is 8.33. The molecule has 3 nitrogen and oxygen atoms in total. The van der Waals surface area contributed by atoms with Crippen LogP contribution in [-0.4, -0.2) is 31.2 Å². The van der Waals surface area contributed by atoms with Gasteiger partial charge < -0.3 is 10.2 Å². The molecule has 1 aliphatic heterocycles. The average molecular weight is 303 g/mol. The van der Waals surface area contributed by atoms with Gasteiger partial charge in [-0.1, -0.05) is 48.5 Å². The minimum absolute atomic E-state index is 1.04. The fraction of sp³-hybridized carbons (Fsp3) is 0.250. The van der Waals surface area contributed by atoms with Crippen molar-refractivity contribution in [3.05, 3.63) is 60.7 Å². The van der Waals surface area contributed by atoms with E-state index in [0.717, 1.165) is 37.4 Å². The minimum atomic E-state index is 1.04. The van der Waals surface area contributed by atoms with Crippen molar-refractivity contribution >= 4 is 16.6 Å². The van der Waals surface area contributed by atoms with Crippen molar-refractivity contribution in [1.82, 2.24) is 10.3 Å². The van der Waals surface area contributed by atoms with E-state index in [4.69, 9.17) is 4.98 Å². The highest BCUT2D eigenvalue weighted by atomic mass is 15.2. The van der Waals surface area contributed by atoms with E-state index in [9.17, 15) is 0 Å². The fourth-order valence-electron chi connectivity index (χ4n) is 3.26. The van der Waals surface area contributed by atoms with Gasteiger partial charge in [-0.2, -0.15) is 0 Å². The van der Waals surface area contributed by atoms with Crippen LogP contribution >= 0.6 is 0 Å². The first kappa shape index (κ1) is 14.2. The Morgan fingerprint density at radius 2 is 1.70 bits per heavy atom. The molecule has 3 aromatic rings. The molecule has 0 radical (unpaired) electrons. The van der Waals surface area contributed by atoms with Gasteiger partial charge >= 0.3 is 0 Å². The maximum absolute atomic E-state index is 4.88. The summed E-state index contributed by atoms with van der Waals surface area (Å²) in [4.78, 5) is 7.38. The van der Waals surface area contributed by atoms with E-state index in [1.54, 1.807) is 0 Å². The molecule has 23 heavy (non-hydrogen) atoms. The molecule has 0 amide bonds. The number of hydrogen-bond acceptors (Lipinski definition) is 3. The lowest BCUT2D eigenvalue weighted by atomic mass is 10.1. The number of fused-ring (bicyclic) bond motifs is 1. The third-order valence-electron chi connectivity index (χ3n) is 4.44. The molecule has 4 rings (SSSR count). The Hall–Kier alpha value is -2.39. The normalized spacial score (nSPS) is 15.6. The summed E-state index contributed by atoms with van der Waals surface area (Å²) in [6.07, 6.45) is 1.18. The summed E-state index contributed by atoms with van der Waals surface area (Å²) in [5.74, 6) is 0. The molecular formula is C20H21N3. The van der Waals surface area contributed by atoms with Crippen LogP contribution in [0.1, 0.15) is 6.42 Å². The maximum atomic E-state index is 4.88. The first-order valence-electron chi connectivity index (χ1n) is 8.33. The van der Waals surface area contributed by atoms with Crippen LogP contribution in [0.25, 0.3) is 22.2 Å². The van der Waals surface area contributed by atoms with Crippen LogP contribution in [0.2, 0.25) is 0 Å². The molecule has 3 heteroatoms. The topological polar surface area (TPSA) is 28.2 Å². The van der Waals surface area contributed by atoms with Crippen LogP contribution < -0.4 is 10.2 Å². The summed E-state index contributed by atoms with van der Waals surface area (Å²) >= 11 is 0. The number of nitrogens with zero attached hydrogens (tertiary/aromatic N) is 2. The van der Waals surface area contributed by atoms with E-state index >= 15 is 0 Å². The van der Waals surface area contributed by atoms with Crippen molar-refractivity contribution < 1.29 is 0 Å². The minimum Gasteiger partial charge on any atom is -0.370 e. The van der Waals surface area contributed by atoms with E-state index in [2.05, 4.69) is 64.8 Å². The number of nitrogens with one attached hydrogen (secondary N) is 1. The lowest BCUT2D eigenvalue weighted by molar-refractivity contribution is 0.724. The summed E-state index contributed by atoms with van der Waals surface area (Å²) in [6, 6.07) is 21.2. The van der Waals surface area contributed by atoms with Gasteiger partial charge in [-0.05, 0) is 25.1 Å². The molecular weight excluding hydrogens is 282 g/mol. The van der Waals surface area contributed by atoms with Crippen molar-refractivity contribution in [2.45, 2.75) is 6.42 Å². The van der Waals surface area contributed by atoms with Crippen LogP contribution in [0.3, 0.4) is 0 Å². The first-order chi connectivity index (χ1) is 11.4. The molecule has 0 bridgehead atoms. The van der Waals surface area contributed by atoms with Crippen LogP contribution in [0.15, 0.2) is 60.7 Å². The van der Waals surface area contributed by atoms with Gasteiger partial charge in [0, 0.05) is 36.3 Å². The Balaban J connectivity index is 1.87. The Kier molecular flexibility index (Phi) is 3.95. The smallest absolute Gasteiger partial charge is 0.0730 e. The maximum Gasteiger partial charge on any atom is 0.0730 e. The molecule has 0 spiro atoms. The second kappa shape index (κ2) is 6.39. The van der Waals surface area contributed by atoms with Crippen LogP contribution in [0.5, 0.6) is 0 Å². The number of benzene rings is 2. The summed E-state index contributed by atoms with van der Waals surface area (Å²) in [7, 11) is 0. The van der Waals surface area contributed by atoms with E-state index in [-0.39, 0.29) is 0 Å². The van der Waals surface area contributed by atoms with Gasteiger partial charge in [0.2, 0.25) is 0 Å². The molecule has 1 fully saturated rings. The number of hydrogen-bond donors (Lipinski definition) is 1. The molecule has 2 aromatic carbocycles. The molecule has 0 aliphatic carbocycles. The Bertz CT molecular complexity index is 790. The second-order valence-electron chi connectivity index (χ2n) is 6.00. The van der Waals surface area contributed by atoms with Crippen molar-refractivity contribution in [2.24, 2.45) is 0 Å². The zero-order valence-corrected chi connectivity index (χ0v) is 13.2. The Morgan fingerprint density at radius 3 is 2.61 bits per heavy atom. The molecule has 1 saturated heterocycles. The van der Waals surface area contributed by atoms with Crippen molar-refractivity contribution in [1.29, 1.82) is 0 Å². The third kappa shape index (κ3) is 2.92. The van der Waals surface area contributed by atoms with Gasteiger partial charge in [0.15, 0.2) is 0 Å². The van der Waals surface area contributed by atoms with E-state index in [1.165, 1.54) is 23.1 Å². The van der Waals surface area contributed by atoms with Crippen LogP contribution in [0.4, 0.5) is 5.69 Å². The fourth-order valence-corrected chi connectivity index (χ4v) is 3.26. The Morgan fingerprint density at radius 1 is 0.870 bits per heavy atom.